The zero-order valence-electron chi connectivity index (χ0n) is 14.7. The van der Waals surface area contributed by atoms with E-state index in [0.717, 1.165) is 19.3 Å². The summed E-state index contributed by atoms with van der Waals surface area (Å²) < 4.78 is 11.6. The zero-order valence-corrected chi connectivity index (χ0v) is 14.7. The van der Waals surface area contributed by atoms with Gasteiger partial charge in [-0.2, -0.15) is 0 Å². The van der Waals surface area contributed by atoms with Crippen LogP contribution in [0.15, 0.2) is 0 Å². The average molecular weight is 342 g/mol. The maximum atomic E-state index is 12.3. The van der Waals surface area contributed by atoms with Gasteiger partial charge < -0.3 is 24.8 Å². The van der Waals surface area contributed by atoms with Gasteiger partial charge in [-0.15, -0.1) is 0 Å². The van der Waals surface area contributed by atoms with Crippen molar-refractivity contribution in [3.8, 4) is 0 Å². The van der Waals surface area contributed by atoms with Crippen LogP contribution in [0.25, 0.3) is 0 Å². The summed E-state index contributed by atoms with van der Waals surface area (Å²) in [5, 5.41) is 12.8. The van der Waals surface area contributed by atoms with Gasteiger partial charge in [0.15, 0.2) is 0 Å². The highest BCUT2D eigenvalue weighted by atomic mass is 16.5. The Hall–Kier alpha value is -1.18. The molecule has 0 unspecified atom stereocenters. The number of amides is 2. The highest BCUT2D eigenvalue weighted by Crippen LogP contribution is 2.28. The molecule has 0 aromatic rings. The first-order valence-electron chi connectivity index (χ1n) is 9.02. The predicted molar refractivity (Wildman–Crippen MR) is 88.4 cm³/mol. The van der Waals surface area contributed by atoms with Gasteiger partial charge in [0.1, 0.15) is 6.10 Å². The van der Waals surface area contributed by atoms with Crippen molar-refractivity contribution in [2.24, 2.45) is 0 Å². The van der Waals surface area contributed by atoms with Gasteiger partial charge in [0.25, 0.3) is 0 Å². The smallest absolute Gasteiger partial charge is 0.222 e. The molecule has 0 aromatic heterocycles. The van der Waals surface area contributed by atoms with Gasteiger partial charge >= 0.3 is 0 Å². The van der Waals surface area contributed by atoms with Crippen LogP contribution < -0.4 is 5.32 Å². The second-order valence-electron chi connectivity index (χ2n) is 6.59. The number of nitrogens with zero attached hydrogens (tertiary/aromatic N) is 1. The van der Waals surface area contributed by atoms with Crippen molar-refractivity contribution in [1.29, 1.82) is 0 Å². The fourth-order valence-corrected chi connectivity index (χ4v) is 3.37. The summed E-state index contributed by atoms with van der Waals surface area (Å²) in [5.74, 6) is 0.0256. The normalized spacial score (nSPS) is 30.9. The molecule has 2 saturated heterocycles. The summed E-state index contributed by atoms with van der Waals surface area (Å²) in [6.07, 6.45) is 2.08. The van der Waals surface area contributed by atoms with E-state index in [2.05, 4.69) is 5.32 Å². The van der Waals surface area contributed by atoms with Crippen molar-refractivity contribution < 1.29 is 24.2 Å². The third kappa shape index (κ3) is 5.16. The van der Waals surface area contributed by atoms with E-state index in [0.29, 0.717) is 26.0 Å². The van der Waals surface area contributed by atoms with Crippen LogP contribution in [-0.4, -0.2) is 72.5 Å². The van der Waals surface area contributed by atoms with Crippen LogP contribution in [0.2, 0.25) is 0 Å². The van der Waals surface area contributed by atoms with Gasteiger partial charge in [-0.05, 0) is 19.3 Å². The van der Waals surface area contributed by atoms with Crippen LogP contribution in [-0.2, 0) is 19.1 Å². The Kier molecular flexibility index (Phi) is 7.45. The highest BCUT2D eigenvalue weighted by Gasteiger charge is 2.39. The molecule has 2 N–H and O–H groups in total. The van der Waals surface area contributed by atoms with E-state index in [1.54, 1.807) is 4.90 Å². The first-order valence-corrected chi connectivity index (χ1v) is 9.02. The molecule has 24 heavy (non-hydrogen) atoms. The van der Waals surface area contributed by atoms with Gasteiger partial charge in [0.2, 0.25) is 11.8 Å². The minimum atomic E-state index is -0.668. The minimum absolute atomic E-state index is 0.00368. The number of aliphatic hydroxyl groups is 1. The maximum absolute atomic E-state index is 12.3. The predicted octanol–water partition coefficient (Wildman–Crippen LogP) is 0.449. The molecule has 138 valence electrons. The molecule has 0 aromatic carbocycles. The molecular weight excluding hydrogens is 312 g/mol. The van der Waals surface area contributed by atoms with E-state index >= 15 is 0 Å². The van der Waals surface area contributed by atoms with Crippen molar-refractivity contribution in [2.75, 3.05) is 26.3 Å². The van der Waals surface area contributed by atoms with Crippen molar-refractivity contribution in [1.82, 2.24) is 10.2 Å². The van der Waals surface area contributed by atoms with Crippen LogP contribution in [0.5, 0.6) is 0 Å². The average Bonchev–Trinajstić information content (AvgIpc) is 2.56. The number of hydrogen-bond acceptors (Lipinski definition) is 5. The Morgan fingerprint density at radius 2 is 2.04 bits per heavy atom. The molecular formula is C17H30N2O5. The standard InChI is InChI=1S/C17H30N2O5/c1-3-7-18-16(21)8-13-5-6-14-15(24-13)11-23-10-12(20)9-19(14)17(22)4-2/h12-15,20H,3-11H2,1-2H3,(H,18,21)/t12-,13+,14+,15-/m1/s1. The fraction of sp³-hybridized carbons (Fsp3) is 0.882. The number of aliphatic hydroxyl groups excluding tert-OH is 1. The van der Waals surface area contributed by atoms with Crippen LogP contribution in [0, 0.1) is 0 Å². The number of ether oxygens (including phenoxy) is 2. The molecule has 2 fully saturated rings. The van der Waals surface area contributed by atoms with Crippen molar-refractivity contribution >= 4 is 11.8 Å². The lowest BCUT2D eigenvalue weighted by Crippen LogP contribution is -2.57. The lowest BCUT2D eigenvalue weighted by atomic mass is 9.94. The van der Waals surface area contributed by atoms with Crippen molar-refractivity contribution in [3.05, 3.63) is 0 Å². The number of β-amino-alcohol motifs (C(OH)–C–C–N with tert-alkyl or cyclic N) is 1. The third-order valence-electron chi connectivity index (χ3n) is 4.59. The summed E-state index contributed by atoms with van der Waals surface area (Å²) in [6.45, 7) is 5.32. The monoisotopic (exact) mass is 342 g/mol. The molecule has 7 heteroatoms. The van der Waals surface area contributed by atoms with E-state index in [1.807, 2.05) is 13.8 Å². The summed E-state index contributed by atoms with van der Waals surface area (Å²) in [5.41, 5.74) is 0. The molecule has 0 spiro atoms. The lowest BCUT2D eigenvalue weighted by molar-refractivity contribution is -0.169. The number of carbonyl (C=O) groups excluding carboxylic acids is 2. The lowest BCUT2D eigenvalue weighted by Gasteiger charge is -2.44. The summed E-state index contributed by atoms with van der Waals surface area (Å²) >= 11 is 0. The van der Waals surface area contributed by atoms with Gasteiger partial charge in [-0.3, -0.25) is 9.59 Å². The van der Waals surface area contributed by atoms with E-state index in [-0.39, 0.29) is 43.2 Å². The van der Waals surface area contributed by atoms with Crippen LogP contribution in [0.3, 0.4) is 0 Å². The Morgan fingerprint density at radius 3 is 2.75 bits per heavy atom. The van der Waals surface area contributed by atoms with Gasteiger partial charge in [-0.25, -0.2) is 0 Å². The van der Waals surface area contributed by atoms with Crippen molar-refractivity contribution in [2.45, 2.75) is 70.3 Å². The van der Waals surface area contributed by atoms with E-state index in [4.69, 9.17) is 9.47 Å². The van der Waals surface area contributed by atoms with E-state index in [9.17, 15) is 14.7 Å². The SMILES string of the molecule is CCCNC(=O)C[C@@H]1CC[C@H]2[C@@H](COC[C@H](O)CN2C(=O)CC)O1. The number of carbonyl (C=O) groups is 2. The third-order valence-corrected chi connectivity index (χ3v) is 4.59. The molecule has 0 saturated carbocycles. The second kappa shape index (κ2) is 9.34. The Labute approximate surface area is 143 Å². The number of fused-ring (bicyclic) bond motifs is 1. The molecule has 2 heterocycles. The Bertz CT molecular complexity index is 431. The Balaban J connectivity index is 1.98. The van der Waals surface area contributed by atoms with Gasteiger partial charge in [0.05, 0.1) is 37.9 Å². The van der Waals surface area contributed by atoms with E-state index in [1.165, 1.54) is 0 Å². The summed E-state index contributed by atoms with van der Waals surface area (Å²) in [4.78, 5) is 25.9. The molecule has 7 nitrogen and oxygen atoms in total. The maximum Gasteiger partial charge on any atom is 0.222 e. The molecule has 0 aliphatic carbocycles. The first-order chi connectivity index (χ1) is 11.5. The summed E-state index contributed by atoms with van der Waals surface area (Å²) in [6, 6.07) is -0.0950. The zero-order chi connectivity index (χ0) is 17.5. The molecule has 2 rings (SSSR count). The van der Waals surface area contributed by atoms with E-state index < -0.39 is 6.10 Å². The first kappa shape index (κ1) is 19.1. The molecule has 2 amide bonds. The minimum Gasteiger partial charge on any atom is -0.389 e. The Morgan fingerprint density at radius 1 is 1.25 bits per heavy atom. The molecule has 0 bridgehead atoms. The quantitative estimate of drug-likeness (QED) is 0.757. The number of nitrogens with one attached hydrogen (secondary N) is 1. The molecule has 2 aliphatic heterocycles. The van der Waals surface area contributed by atoms with Crippen LogP contribution in [0.4, 0.5) is 0 Å². The summed E-state index contributed by atoms with van der Waals surface area (Å²) in [7, 11) is 0. The number of rotatable bonds is 5. The van der Waals surface area contributed by atoms with Gasteiger partial charge in [0, 0.05) is 19.5 Å². The topological polar surface area (TPSA) is 88.1 Å². The largest absolute Gasteiger partial charge is 0.389 e. The molecule has 4 atom stereocenters. The van der Waals surface area contributed by atoms with Crippen LogP contribution >= 0.6 is 0 Å². The second-order valence-corrected chi connectivity index (χ2v) is 6.59. The van der Waals surface area contributed by atoms with Crippen molar-refractivity contribution in [3.63, 3.8) is 0 Å². The molecule has 0 radical (unpaired) electrons. The highest BCUT2D eigenvalue weighted by molar-refractivity contribution is 5.77. The van der Waals surface area contributed by atoms with Crippen LogP contribution in [0.1, 0.15) is 46.0 Å². The molecule has 2 aliphatic rings. The number of hydrogen-bond donors (Lipinski definition) is 2. The van der Waals surface area contributed by atoms with Gasteiger partial charge in [-0.1, -0.05) is 13.8 Å². The fourth-order valence-electron chi connectivity index (χ4n) is 3.37.